The van der Waals surface area contributed by atoms with Gasteiger partial charge in [0, 0.05) is 6.54 Å². The fourth-order valence-electron chi connectivity index (χ4n) is 3.26. The molecule has 0 saturated heterocycles. The molecule has 1 aliphatic rings. The van der Waals surface area contributed by atoms with Gasteiger partial charge in [0.05, 0.1) is 4.90 Å². The second kappa shape index (κ2) is 9.20. The van der Waals surface area contributed by atoms with Gasteiger partial charge in [-0.1, -0.05) is 54.6 Å². The topological polar surface area (TPSA) is 93.7 Å². The van der Waals surface area contributed by atoms with E-state index in [1.165, 1.54) is 12.1 Å². The fraction of sp³-hybridized carbons (Fsp3) is 0.174. The third kappa shape index (κ3) is 5.22. The number of benzene rings is 3. The molecule has 3 aromatic carbocycles. The molecule has 7 nitrogen and oxygen atoms in total. The molecule has 0 radical (unpaired) electrons. The van der Waals surface area contributed by atoms with Crippen molar-refractivity contribution >= 4 is 15.9 Å². The van der Waals surface area contributed by atoms with Crippen LogP contribution in [0, 0.1) is 0 Å². The third-order valence-electron chi connectivity index (χ3n) is 4.85. The molecular weight excluding hydrogens is 416 g/mol. The summed E-state index contributed by atoms with van der Waals surface area (Å²) in [4.78, 5) is 13.1. The summed E-state index contributed by atoms with van der Waals surface area (Å²) in [7, 11) is -3.86. The number of rotatable bonds is 8. The first-order chi connectivity index (χ1) is 15.0. The highest BCUT2D eigenvalue weighted by Crippen LogP contribution is 2.32. The largest absolute Gasteiger partial charge is 0.454 e. The summed E-state index contributed by atoms with van der Waals surface area (Å²) in [5, 5.41) is 2.82. The molecule has 0 saturated carbocycles. The number of nitrogens with one attached hydrogen (secondary N) is 2. The minimum atomic E-state index is -3.86. The Hall–Kier alpha value is -3.36. The Labute approximate surface area is 181 Å². The van der Waals surface area contributed by atoms with E-state index >= 15 is 0 Å². The van der Waals surface area contributed by atoms with E-state index in [-0.39, 0.29) is 24.7 Å². The summed E-state index contributed by atoms with van der Waals surface area (Å²) in [5.41, 5.74) is 1.67. The van der Waals surface area contributed by atoms with Crippen LogP contribution >= 0.6 is 0 Å². The van der Waals surface area contributed by atoms with Crippen molar-refractivity contribution in [2.24, 2.45) is 0 Å². The highest BCUT2D eigenvalue weighted by molar-refractivity contribution is 7.89. The Morgan fingerprint density at radius 3 is 2.29 bits per heavy atom. The number of fused-ring (bicyclic) bond motifs is 1. The Bertz CT molecular complexity index is 1150. The summed E-state index contributed by atoms with van der Waals surface area (Å²) >= 11 is 0. The maximum atomic E-state index is 13.0. The highest BCUT2D eigenvalue weighted by atomic mass is 32.2. The molecular formula is C23H22N2O5S. The van der Waals surface area contributed by atoms with Gasteiger partial charge < -0.3 is 14.8 Å². The summed E-state index contributed by atoms with van der Waals surface area (Å²) in [6.45, 7) is 0.402. The van der Waals surface area contributed by atoms with Crippen LogP contribution in [0.4, 0.5) is 0 Å². The first-order valence-electron chi connectivity index (χ1n) is 9.79. The second-order valence-corrected chi connectivity index (χ2v) is 8.80. The van der Waals surface area contributed by atoms with Gasteiger partial charge in [-0.25, -0.2) is 8.42 Å². The lowest BCUT2D eigenvalue weighted by molar-refractivity contribution is -0.122. The van der Waals surface area contributed by atoms with Crippen molar-refractivity contribution in [1.82, 2.24) is 10.0 Å². The molecule has 31 heavy (non-hydrogen) atoms. The van der Waals surface area contributed by atoms with Gasteiger partial charge in [-0.3, -0.25) is 4.79 Å². The monoisotopic (exact) mass is 438 g/mol. The Balaban J connectivity index is 1.49. The molecule has 4 rings (SSSR count). The minimum absolute atomic E-state index is 0.108. The van der Waals surface area contributed by atoms with Crippen LogP contribution in [0.5, 0.6) is 11.5 Å². The molecule has 1 heterocycles. The minimum Gasteiger partial charge on any atom is -0.454 e. The first kappa shape index (κ1) is 20.9. The molecule has 3 aromatic rings. The average molecular weight is 439 g/mol. The van der Waals surface area contributed by atoms with Gasteiger partial charge >= 0.3 is 0 Å². The van der Waals surface area contributed by atoms with Crippen LogP contribution in [0.15, 0.2) is 83.8 Å². The zero-order valence-corrected chi connectivity index (χ0v) is 17.5. The predicted molar refractivity (Wildman–Crippen MR) is 115 cm³/mol. The van der Waals surface area contributed by atoms with E-state index in [0.29, 0.717) is 11.5 Å². The molecule has 1 atom stereocenters. The lowest BCUT2D eigenvalue weighted by Gasteiger charge is -2.19. The Kier molecular flexibility index (Phi) is 6.20. The zero-order valence-electron chi connectivity index (χ0n) is 16.7. The van der Waals surface area contributed by atoms with Crippen LogP contribution in [0.25, 0.3) is 0 Å². The number of carbonyl (C=O) groups excluding carboxylic acids is 1. The van der Waals surface area contributed by atoms with Gasteiger partial charge in [-0.2, -0.15) is 4.72 Å². The summed E-state index contributed by atoms with van der Waals surface area (Å²) in [6.07, 6.45) is 0.222. The van der Waals surface area contributed by atoms with Crippen molar-refractivity contribution in [1.29, 1.82) is 0 Å². The number of hydrogen-bond donors (Lipinski definition) is 2. The van der Waals surface area contributed by atoms with Crippen molar-refractivity contribution in [3.05, 3.63) is 90.0 Å². The number of hydrogen-bond acceptors (Lipinski definition) is 5. The summed E-state index contributed by atoms with van der Waals surface area (Å²) < 4.78 is 38.8. The molecule has 0 fully saturated rings. The van der Waals surface area contributed by atoms with E-state index in [1.807, 2.05) is 36.4 Å². The van der Waals surface area contributed by atoms with Crippen molar-refractivity contribution < 1.29 is 22.7 Å². The van der Waals surface area contributed by atoms with Crippen molar-refractivity contribution in [3.8, 4) is 11.5 Å². The van der Waals surface area contributed by atoms with E-state index in [0.717, 1.165) is 11.1 Å². The molecule has 0 aliphatic carbocycles. The predicted octanol–water partition coefficient (Wildman–Crippen LogP) is 2.62. The van der Waals surface area contributed by atoms with Crippen LogP contribution < -0.4 is 19.5 Å². The van der Waals surface area contributed by atoms with E-state index in [1.54, 1.807) is 30.3 Å². The van der Waals surface area contributed by atoms with Gasteiger partial charge in [0.25, 0.3) is 0 Å². The van der Waals surface area contributed by atoms with E-state index in [2.05, 4.69) is 10.0 Å². The molecule has 1 amide bonds. The Morgan fingerprint density at radius 2 is 1.55 bits per heavy atom. The van der Waals surface area contributed by atoms with Gasteiger partial charge in [-0.05, 0) is 41.8 Å². The van der Waals surface area contributed by atoms with Crippen LogP contribution in [-0.2, 0) is 27.8 Å². The molecule has 0 aromatic heterocycles. The molecule has 160 valence electrons. The highest BCUT2D eigenvalue weighted by Gasteiger charge is 2.26. The van der Waals surface area contributed by atoms with Gasteiger partial charge in [0.2, 0.25) is 22.7 Å². The molecule has 0 bridgehead atoms. The van der Waals surface area contributed by atoms with E-state index in [4.69, 9.17) is 9.47 Å². The smallest absolute Gasteiger partial charge is 0.241 e. The fourth-order valence-corrected chi connectivity index (χ4v) is 4.47. The normalized spacial score (nSPS) is 13.5. The second-order valence-electron chi connectivity index (χ2n) is 7.08. The van der Waals surface area contributed by atoms with Crippen LogP contribution in [0.3, 0.4) is 0 Å². The number of sulfonamides is 1. The van der Waals surface area contributed by atoms with E-state index in [9.17, 15) is 13.2 Å². The zero-order chi connectivity index (χ0) is 21.7. The van der Waals surface area contributed by atoms with E-state index < -0.39 is 22.0 Å². The molecule has 0 spiro atoms. The number of amides is 1. The number of carbonyl (C=O) groups is 1. The SMILES string of the molecule is O=C(NCc1ccc2c(c1)OCO2)[C@H](Cc1ccccc1)NS(=O)(=O)c1ccccc1. The average Bonchev–Trinajstić information content (AvgIpc) is 3.26. The first-order valence-corrected chi connectivity index (χ1v) is 11.3. The third-order valence-corrected chi connectivity index (χ3v) is 6.34. The summed E-state index contributed by atoms with van der Waals surface area (Å²) in [5.74, 6) is 0.867. The van der Waals surface area contributed by atoms with Crippen molar-refractivity contribution in [3.63, 3.8) is 0 Å². The lowest BCUT2D eigenvalue weighted by Crippen LogP contribution is -2.47. The molecule has 0 unspecified atom stereocenters. The molecule has 2 N–H and O–H groups in total. The van der Waals surface area contributed by atoms with Crippen molar-refractivity contribution in [2.75, 3.05) is 6.79 Å². The quantitative estimate of drug-likeness (QED) is 0.564. The molecule has 1 aliphatic heterocycles. The standard InChI is InChI=1S/C23H22N2O5S/c26-23(24-15-18-11-12-21-22(14-18)30-16-29-21)20(13-17-7-3-1-4-8-17)25-31(27,28)19-9-5-2-6-10-19/h1-12,14,20,25H,13,15-16H2,(H,24,26)/t20-/m0/s1. The maximum Gasteiger partial charge on any atom is 0.241 e. The lowest BCUT2D eigenvalue weighted by atomic mass is 10.1. The summed E-state index contributed by atoms with van der Waals surface area (Å²) in [6, 6.07) is 21.7. The molecule has 8 heteroatoms. The van der Waals surface area contributed by atoms with Gasteiger partial charge in [0.15, 0.2) is 11.5 Å². The van der Waals surface area contributed by atoms with Gasteiger partial charge in [0.1, 0.15) is 6.04 Å². The van der Waals surface area contributed by atoms with Crippen LogP contribution in [0.2, 0.25) is 0 Å². The van der Waals surface area contributed by atoms with Crippen LogP contribution in [-0.4, -0.2) is 27.2 Å². The Morgan fingerprint density at radius 1 is 0.871 bits per heavy atom. The van der Waals surface area contributed by atoms with Gasteiger partial charge in [-0.15, -0.1) is 0 Å². The number of ether oxygens (including phenoxy) is 2. The maximum absolute atomic E-state index is 13.0. The van der Waals surface area contributed by atoms with Crippen molar-refractivity contribution in [2.45, 2.75) is 23.9 Å². The van der Waals surface area contributed by atoms with Crippen LogP contribution in [0.1, 0.15) is 11.1 Å².